The van der Waals surface area contributed by atoms with Gasteiger partial charge in [-0.15, -0.1) is 0 Å². The van der Waals surface area contributed by atoms with E-state index in [0.717, 1.165) is 0 Å². The molecule has 0 aromatic heterocycles. The van der Waals surface area contributed by atoms with Gasteiger partial charge in [-0.05, 0) is 24.1 Å². The Hall–Kier alpha value is -1.02. The van der Waals surface area contributed by atoms with E-state index < -0.39 is 0 Å². The number of nitrogens with two attached hydrogens (primary N) is 1. The minimum Gasteiger partial charge on any atom is -0.398 e. The maximum atomic E-state index is 11.7. The van der Waals surface area contributed by atoms with Gasteiger partial charge in [0.25, 0.3) is 0 Å². The normalized spacial score (nSPS) is 10.6. The molecule has 3 heteroatoms. The van der Waals surface area contributed by atoms with E-state index >= 15 is 0 Å². The van der Waals surface area contributed by atoms with Gasteiger partial charge in [-0.1, -0.05) is 25.4 Å². The summed E-state index contributed by atoms with van der Waals surface area (Å²) in [6.07, 6.45) is 0.505. The van der Waals surface area contributed by atoms with E-state index in [2.05, 4.69) is 0 Å². The van der Waals surface area contributed by atoms with Crippen LogP contribution in [-0.2, 0) is 0 Å². The highest BCUT2D eigenvalue weighted by Crippen LogP contribution is 2.20. The lowest BCUT2D eigenvalue weighted by Gasteiger charge is -2.07. The summed E-state index contributed by atoms with van der Waals surface area (Å²) in [5.74, 6) is 0.390. The molecule has 0 radical (unpaired) electrons. The van der Waals surface area contributed by atoms with Gasteiger partial charge in [0.2, 0.25) is 0 Å². The first kappa shape index (κ1) is 11.1. The second-order valence-electron chi connectivity index (χ2n) is 3.75. The van der Waals surface area contributed by atoms with E-state index in [1.165, 1.54) is 0 Å². The molecule has 0 saturated carbocycles. The highest BCUT2D eigenvalue weighted by atomic mass is 35.5. The SMILES string of the molecule is CC(C)CC(=O)c1cc(Cl)ccc1N. The van der Waals surface area contributed by atoms with Crippen LogP contribution >= 0.6 is 11.6 Å². The molecule has 0 unspecified atom stereocenters. The summed E-state index contributed by atoms with van der Waals surface area (Å²) in [5.41, 5.74) is 6.72. The van der Waals surface area contributed by atoms with Crippen molar-refractivity contribution >= 4 is 23.1 Å². The summed E-state index contributed by atoms with van der Waals surface area (Å²) < 4.78 is 0. The number of hydrogen-bond donors (Lipinski definition) is 1. The van der Waals surface area contributed by atoms with Crippen molar-refractivity contribution in [2.24, 2.45) is 5.92 Å². The third-order valence-corrected chi connectivity index (χ3v) is 2.14. The zero-order valence-electron chi connectivity index (χ0n) is 8.38. The first-order chi connectivity index (χ1) is 6.50. The highest BCUT2D eigenvalue weighted by Gasteiger charge is 2.11. The molecule has 0 spiro atoms. The summed E-state index contributed by atoms with van der Waals surface area (Å²) in [6, 6.07) is 4.97. The summed E-state index contributed by atoms with van der Waals surface area (Å²) in [4.78, 5) is 11.7. The van der Waals surface area contributed by atoms with Gasteiger partial charge < -0.3 is 5.73 Å². The van der Waals surface area contributed by atoms with Gasteiger partial charge in [-0.25, -0.2) is 0 Å². The molecular formula is C11H14ClNO. The molecule has 0 aliphatic rings. The standard InChI is InChI=1S/C11H14ClNO/c1-7(2)5-11(14)9-6-8(12)3-4-10(9)13/h3-4,6-7H,5,13H2,1-2H3. The Morgan fingerprint density at radius 3 is 2.71 bits per heavy atom. The number of rotatable bonds is 3. The van der Waals surface area contributed by atoms with E-state index in [9.17, 15) is 4.79 Å². The van der Waals surface area contributed by atoms with Gasteiger partial charge in [0.1, 0.15) is 0 Å². The number of carbonyl (C=O) groups excluding carboxylic acids is 1. The number of ketones is 1. The van der Waals surface area contributed by atoms with Gasteiger partial charge in [0.05, 0.1) is 0 Å². The molecule has 76 valence electrons. The number of carbonyl (C=O) groups is 1. The number of halogens is 1. The fourth-order valence-electron chi connectivity index (χ4n) is 1.25. The van der Waals surface area contributed by atoms with Gasteiger partial charge in [0.15, 0.2) is 5.78 Å². The number of Topliss-reactive ketones (excluding diaryl/α,β-unsaturated/α-hetero) is 1. The number of benzene rings is 1. The molecule has 0 saturated heterocycles. The fourth-order valence-corrected chi connectivity index (χ4v) is 1.42. The van der Waals surface area contributed by atoms with Crippen molar-refractivity contribution < 1.29 is 4.79 Å². The van der Waals surface area contributed by atoms with Gasteiger partial charge >= 0.3 is 0 Å². The Bertz CT molecular complexity index is 347. The fraction of sp³-hybridized carbons (Fsp3) is 0.364. The molecule has 0 aliphatic heterocycles. The van der Waals surface area contributed by atoms with E-state index in [4.69, 9.17) is 17.3 Å². The summed E-state index contributed by atoms with van der Waals surface area (Å²) in [7, 11) is 0. The van der Waals surface area contributed by atoms with E-state index in [1.54, 1.807) is 18.2 Å². The van der Waals surface area contributed by atoms with Crippen molar-refractivity contribution in [1.82, 2.24) is 0 Å². The van der Waals surface area contributed by atoms with Crippen molar-refractivity contribution in [1.29, 1.82) is 0 Å². The van der Waals surface area contributed by atoms with Crippen molar-refractivity contribution in [2.75, 3.05) is 5.73 Å². The maximum absolute atomic E-state index is 11.7. The van der Waals surface area contributed by atoms with Crippen LogP contribution in [0, 0.1) is 5.92 Å². The molecule has 1 aromatic rings. The molecule has 2 nitrogen and oxygen atoms in total. The van der Waals surface area contributed by atoms with Crippen LogP contribution in [0.2, 0.25) is 5.02 Å². The molecule has 14 heavy (non-hydrogen) atoms. The minimum absolute atomic E-state index is 0.0556. The second-order valence-corrected chi connectivity index (χ2v) is 4.19. The quantitative estimate of drug-likeness (QED) is 0.617. The van der Waals surface area contributed by atoms with Crippen molar-refractivity contribution in [2.45, 2.75) is 20.3 Å². The lowest BCUT2D eigenvalue weighted by Crippen LogP contribution is -2.06. The number of hydrogen-bond acceptors (Lipinski definition) is 2. The number of nitrogen functional groups attached to an aromatic ring is 1. The molecule has 2 N–H and O–H groups in total. The topological polar surface area (TPSA) is 43.1 Å². The van der Waals surface area contributed by atoms with Crippen LogP contribution in [0.3, 0.4) is 0 Å². The van der Waals surface area contributed by atoms with Gasteiger partial charge in [-0.3, -0.25) is 4.79 Å². The van der Waals surface area contributed by atoms with Crippen molar-refractivity contribution in [3.8, 4) is 0 Å². The minimum atomic E-state index is 0.0556. The van der Waals surface area contributed by atoms with Crippen LogP contribution < -0.4 is 5.73 Å². The molecule has 0 atom stereocenters. The van der Waals surface area contributed by atoms with Crippen LogP contribution in [0.15, 0.2) is 18.2 Å². The van der Waals surface area contributed by atoms with Gasteiger partial charge in [-0.2, -0.15) is 0 Å². The molecular weight excluding hydrogens is 198 g/mol. The van der Waals surface area contributed by atoms with Crippen LogP contribution in [0.25, 0.3) is 0 Å². The first-order valence-corrected chi connectivity index (χ1v) is 4.96. The summed E-state index contributed by atoms with van der Waals surface area (Å²) in [6.45, 7) is 4.00. The largest absolute Gasteiger partial charge is 0.398 e. The molecule has 0 aliphatic carbocycles. The average Bonchev–Trinajstić information content (AvgIpc) is 2.08. The zero-order chi connectivity index (χ0) is 10.7. The predicted octanol–water partition coefficient (Wildman–Crippen LogP) is 3.15. The first-order valence-electron chi connectivity index (χ1n) is 4.59. The predicted molar refractivity (Wildman–Crippen MR) is 59.6 cm³/mol. The van der Waals surface area contributed by atoms with Gasteiger partial charge in [0, 0.05) is 22.7 Å². The monoisotopic (exact) mass is 211 g/mol. The Morgan fingerprint density at radius 2 is 2.14 bits per heavy atom. The lowest BCUT2D eigenvalue weighted by molar-refractivity contribution is 0.0968. The Morgan fingerprint density at radius 1 is 1.50 bits per heavy atom. The second kappa shape index (κ2) is 4.47. The molecule has 0 heterocycles. The molecule has 0 amide bonds. The van der Waals surface area contributed by atoms with Crippen LogP contribution in [0.1, 0.15) is 30.6 Å². The zero-order valence-corrected chi connectivity index (χ0v) is 9.14. The van der Waals surface area contributed by atoms with Crippen LogP contribution in [0.5, 0.6) is 0 Å². The highest BCUT2D eigenvalue weighted by molar-refractivity contribution is 6.31. The Balaban J connectivity index is 2.94. The number of anilines is 1. The van der Waals surface area contributed by atoms with E-state index in [0.29, 0.717) is 28.6 Å². The average molecular weight is 212 g/mol. The molecule has 0 bridgehead atoms. The summed E-state index contributed by atoms with van der Waals surface area (Å²) in [5, 5.41) is 0.548. The van der Waals surface area contributed by atoms with Crippen LogP contribution in [-0.4, -0.2) is 5.78 Å². The molecule has 1 rings (SSSR count). The van der Waals surface area contributed by atoms with Crippen molar-refractivity contribution in [3.05, 3.63) is 28.8 Å². The van der Waals surface area contributed by atoms with E-state index in [1.807, 2.05) is 13.8 Å². The smallest absolute Gasteiger partial charge is 0.165 e. The lowest BCUT2D eigenvalue weighted by atomic mass is 10.0. The Kier molecular flexibility index (Phi) is 3.53. The van der Waals surface area contributed by atoms with Crippen molar-refractivity contribution in [3.63, 3.8) is 0 Å². The molecule has 0 fully saturated rings. The van der Waals surface area contributed by atoms with Crippen LogP contribution in [0.4, 0.5) is 5.69 Å². The maximum Gasteiger partial charge on any atom is 0.165 e. The molecule has 1 aromatic carbocycles. The third kappa shape index (κ3) is 2.74. The third-order valence-electron chi connectivity index (χ3n) is 1.91. The Labute approximate surface area is 89.1 Å². The van der Waals surface area contributed by atoms with E-state index in [-0.39, 0.29) is 5.78 Å². The summed E-state index contributed by atoms with van der Waals surface area (Å²) >= 11 is 5.79.